The zero-order valence-electron chi connectivity index (χ0n) is 15.6. The van der Waals surface area contributed by atoms with E-state index in [4.69, 9.17) is 9.47 Å². The number of piperidine rings is 1. The summed E-state index contributed by atoms with van der Waals surface area (Å²) in [5.41, 5.74) is -0.0852. The number of hydrogen-bond acceptors (Lipinski definition) is 6. The molecule has 2 N–H and O–H groups in total. The third-order valence-corrected chi connectivity index (χ3v) is 6.45. The van der Waals surface area contributed by atoms with Crippen LogP contribution in [0.2, 0.25) is 0 Å². The molecule has 0 aromatic rings. The van der Waals surface area contributed by atoms with Crippen LogP contribution in [0, 0.1) is 17.3 Å². The van der Waals surface area contributed by atoms with E-state index in [9.17, 15) is 14.4 Å². The molecule has 2 bridgehead atoms. The van der Waals surface area contributed by atoms with Crippen molar-refractivity contribution in [1.29, 1.82) is 0 Å². The van der Waals surface area contributed by atoms with Gasteiger partial charge in [-0.3, -0.25) is 19.3 Å². The molecular weight excluding hydrogens is 374 g/mol. The standard InChI is InChI=1S/C18H27N3O5.ClH/c1-25-10-18(4-6-19-7-5-18)9-20-13(22)8-21-16(23)14-11-2-3-12(26-11)15(14)17(21)24;/h11-12,14-15,19H,2-10H2,1H3,(H,20,22);1H. The highest BCUT2D eigenvalue weighted by atomic mass is 35.5. The fraction of sp³-hybridized carbons (Fsp3) is 0.833. The van der Waals surface area contributed by atoms with Crippen LogP contribution in [0.1, 0.15) is 25.7 Å². The Morgan fingerprint density at radius 1 is 1.22 bits per heavy atom. The molecule has 4 heterocycles. The van der Waals surface area contributed by atoms with Gasteiger partial charge < -0.3 is 20.1 Å². The number of fused-ring (bicyclic) bond motifs is 5. The number of nitrogens with one attached hydrogen (secondary N) is 2. The summed E-state index contributed by atoms with van der Waals surface area (Å²) in [4.78, 5) is 38.8. The largest absolute Gasteiger partial charge is 0.384 e. The molecule has 0 spiro atoms. The Kier molecular flexibility index (Phi) is 6.10. The quantitative estimate of drug-likeness (QED) is 0.593. The minimum atomic E-state index is -0.377. The normalized spacial score (nSPS) is 33.7. The number of amides is 3. The van der Waals surface area contributed by atoms with Crippen LogP contribution in [0.4, 0.5) is 0 Å². The van der Waals surface area contributed by atoms with Gasteiger partial charge in [0.2, 0.25) is 17.7 Å². The molecule has 9 heteroatoms. The van der Waals surface area contributed by atoms with Crippen molar-refractivity contribution in [2.45, 2.75) is 37.9 Å². The van der Waals surface area contributed by atoms with Crippen molar-refractivity contribution in [3.8, 4) is 0 Å². The number of carbonyl (C=O) groups is 3. The van der Waals surface area contributed by atoms with Crippen molar-refractivity contribution >= 4 is 30.1 Å². The van der Waals surface area contributed by atoms with Crippen LogP contribution in [-0.2, 0) is 23.9 Å². The molecule has 0 saturated carbocycles. The minimum Gasteiger partial charge on any atom is -0.384 e. The molecule has 3 amide bonds. The van der Waals surface area contributed by atoms with Gasteiger partial charge in [0.25, 0.3) is 0 Å². The Morgan fingerprint density at radius 3 is 2.37 bits per heavy atom. The van der Waals surface area contributed by atoms with Crippen LogP contribution in [0.5, 0.6) is 0 Å². The molecule has 0 aromatic carbocycles. The number of likely N-dealkylation sites (tertiary alicyclic amines) is 1. The van der Waals surface area contributed by atoms with Gasteiger partial charge in [-0.05, 0) is 38.8 Å². The summed E-state index contributed by atoms with van der Waals surface area (Å²) in [6, 6.07) is 0. The summed E-state index contributed by atoms with van der Waals surface area (Å²) < 4.78 is 11.1. The van der Waals surface area contributed by atoms with Gasteiger partial charge in [0.15, 0.2) is 0 Å². The minimum absolute atomic E-state index is 0. The average molecular weight is 402 g/mol. The predicted molar refractivity (Wildman–Crippen MR) is 98.3 cm³/mol. The first-order valence-corrected chi connectivity index (χ1v) is 9.52. The Morgan fingerprint density at radius 2 is 1.81 bits per heavy atom. The molecule has 4 rings (SSSR count). The number of rotatable bonds is 6. The predicted octanol–water partition coefficient (Wildman–Crippen LogP) is -0.297. The number of imide groups is 1. The van der Waals surface area contributed by atoms with Gasteiger partial charge in [-0.25, -0.2) is 0 Å². The fourth-order valence-corrected chi connectivity index (χ4v) is 5.05. The van der Waals surface area contributed by atoms with Gasteiger partial charge in [0, 0.05) is 19.1 Å². The first-order chi connectivity index (χ1) is 12.5. The lowest BCUT2D eigenvalue weighted by Gasteiger charge is -2.37. The van der Waals surface area contributed by atoms with E-state index < -0.39 is 0 Å². The maximum absolute atomic E-state index is 12.6. The third-order valence-electron chi connectivity index (χ3n) is 6.45. The molecule has 4 fully saturated rings. The van der Waals surface area contributed by atoms with E-state index >= 15 is 0 Å². The molecule has 4 unspecified atom stereocenters. The molecular formula is C18H28ClN3O5. The van der Waals surface area contributed by atoms with Crippen LogP contribution >= 0.6 is 12.4 Å². The monoisotopic (exact) mass is 401 g/mol. The van der Waals surface area contributed by atoms with Gasteiger partial charge in [0.05, 0.1) is 30.7 Å². The summed E-state index contributed by atoms with van der Waals surface area (Å²) in [6.45, 7) is 2.69. The van der Waals surface area contributed by atoms with Gasteiger partial charge in [0.1, 0.15) is 6.54 Å². The van der Waals surface area contributed by atoms with Crippen molar-refractivity contribution in [3.05, 3.63) is 0 Å². The van der Waals surface area contributed by atoms with Gasteiger partial charge in [-0.2, -0.15) is 0 Å². The van der Waals surface area contributed by atoms with E-state index in [1.54, 1.807) is 7.11 Å². The van der Waals surface area contributed by atoms with Crippen molar-refractivity contribution in [3.63, 3.8) is 0 Å². The Labute approximate surface area is 165 Å². The van der Waals surface area contributed by atoms with Crippen molar-refractivity contribution in [1.82, 2.24) is 15.5 Å². The number of halogens is 1. The lowest BCUT2D eigenvalue weighted by Crippen LogP contribution is -2.49. The number of hydrogen-bond donors (Lipinski definition) is 2. The van der Waals surface area contributed by atoms with Crippen LogP contribution in [0.3, 0.4) is 0 Å². The summed E-state index contributed by atoms with van der Waals surface area (Å²) in [7, 11) is 1.67. The summed E-state index contributed by atoms with van der Waals surface area (Å²) in [6.07, 6.45) is 3.22. The lowest BCUT2D eigenvalue weighted by atomic mass is 9.79. The fourth-order valence-electron chi connectivity index (χ4n) is 5.05. The van der Waals surface area contributed by atoms with Crippen LogP contribution < -0.4 is 10.6 Å². The van der Waals surface area contributed by atoms with Crippen LogP contribution in [0.15, 0.2) is 0 Å². The van der Waals surface area contributed by atoms with Crippen molar-refractivity contribution < 1.29 is 23.9 Å². The Bertz CT molecular complexity index is 576. The zero-order chi connectivity index (χ0) is 18.3. The topological polar surface area (TPSA) is 97.0 Å². The smallest absolute Gasteiger partial charge is 0.240 e. The second kappa shape index (κ2) is 8.03. The summed E-state index contributed by atoms with van der Waals surface area (Å²) >= 11 is 0. The Hall–Kier alpha value is -1.22. The van der Waals surface area contributed by atoms with Crippen LogP contribution in [-0.4, -0.2) is 74.7 Å². The maximum Gasteiger partial charge on any atom is 0.240 e. The number of methoxy groups -OCH3 is 1. The highest BCUT2D eigenvalue weighted by molar-refractivity contribution is 6.08. The van der Waals surface area contributed by atoms with Crippen molar-refractivity contribution in [2.75, 3.05) is 39.9 Å². The summed E-state index contributed by atoms with van der Waals surface area (Å²) in [5, 5.41) is 6.24. The van der Waals surface area contributed by atoms with Crippen LogP contribution in [0.25, 0.3) is 0 Å². The molecule has 152 valence electrons. The highest BCUT2D eigenvalue weighted by Crippen LogP contribution is 2.48. The van der Waals surface area contributed by atoms with E-state index in [1.165, 1.54) is 0 Å². The Balaban J connectivity index is 0.00000210. The zero-order valence-corrected chi connectivity index (χ0v) is 16.4. The molecule has 4 saturated heterocycles. The molecule has 4 aliphatic rings. The second-order valence-electron chi connectivity index (χ2n) is 8.06. The van der Waals surface area contributed by atoms with E-state index in [2.05, 4.69) is 10.6 Å². The number of ether oxygens (including phenoxy) is 2. The van der Waals surface area contributed by atoms with E-state index in [-0.39, 0.29) is 66.1 Å². The first kappa shape index (κ1) is 20.5. The molecule has 8 nitrogen and oxygen atoms in total. The van der Waals surface area contributed by atoms with Gasteiger partial charge in [-0.1, -0.05) is 0 Å². The average Bonchev–Trinajstić information content (AvgIpc) is 3.31. The molecule has 27 heavy (non-hydrogen) atoms. The van der Waals surface area contributed by atoms with Gasteiger partial charge in [-0.15, -0.1) is 12.4 Å². The second-order valence-corrected chi connectivity index (χ2v) is 8.06. The number of nitrogens with zero attached hydrogens (tertiary/aromatic N) is 1. The molecule has 0 aromatic heterocycles. The van der Waals surface area contributed by atoms with Gasteiger partial charge >= 0.3 is 0 Å². The highest BCUT2D eigenvalue weighted by Gasteiger charge is 2.62. The lowest BCUT2D eigenvalue weighted by molar-refractivity contribution is -0.146. The number of carbonyl (C=O) groups excluding carboxylic acids is 3. The van der Waals surface area contributed by atoms with Crippen molar-refractivity contribution in [2.24, 2.45) is 17.3 Å². The SMILES string of the molecule is COCC1(CNC(=O)CN2C(=O)C3C4CCC(O4)C3C2=O)CCNCC1.Cl. The molecule has 4 aliphatic heterocycles. The molecule has 4 atom stereocenters. The molecule has 0 radical (unpaired) electrons. The van der Waals surface area contributed by atoms with E-state index in [0.717, 1.165) is 43.7 Å². The first-order valence-electron chi connectivity index (χ1n) is 9.52. The molecule has 0 aliphatic carbocycles. The van der Waals surface area contributed by atoms with E-state index in [0.29, 0.717) is 13.2 Å². The third kappa shape index (κ3) is 3.60. The maximum atomic E-state index is 12.6. The summed E-state index contributed by atoms with van der Waals surface area (Å²) in [5.74, 6) is -1.52. The van der Waals surface area contributed by atoms with E-state index in [1.807, 2.05) is 0 Å².